The van der Waals surface area contributed by atoms with Crippen LogP contribution in [0.25, 0.3) is 6.08 Å². The first-order chi connectivity index (χ1) is 14.0. The summed E-state index contributed by atoms with van der Waals surface area (Å²) in [4.78, 5) is 35.4. The SMILES string of the molecule is O=C(/C=C/c1ccc([N+](=O)[O-])cc1)O[C@H](C(=O)c1ccccc1)c1ccccc1. The molecule has 0 amide bonds. The van der Waals surface area contributed by atoms with E-state index in [0.29, 0.717) is 16.7 Å². The van der Waals surface area contributed by atoms with Crippen molar-refractivity contribution >= 4 is 23.5 Å². The van der Waals surface area contributed by atoms with Crippen molar-refractivity contribution in [2.75, 3.05) is 0 Å². The van der Waals surface area contributed by atoms with Crippen molar-refractivity contribution in [1.29, 1.82) is 0 Å². The lowest BCUT2D eigenvalue weighted by Gasteiger charge is -2.16. The lowest BCUT2D eigenvalue weighted by atomic mass is 10.00. The molecule has 0 saturated heterocycles. The van der Waals surface area contributed by atoms with Gasteiger partial charge in [-0.1, -0.05) is 60.7 Å². The molecular weight excluding hydrogens is 370 g/mol. The van der Waals surface area contributed by atoms with Gasteiger partial charge in [0.25, 0.3) is 5.69 Å². The normalized spacial score (nSPS) is 11.7. The van der Waals surface area contributed by atoms with Crippen molar-refractivity contribution < 1.29 is 19.2 Å². The molecule has 29 heavy (non-hydrogen) atoms. The highest BCUT2D eigenvalue weighted by Crippen LogP contribution is 2.23. The number of ketones is 1. The molecule has 0 unspecified atom stereocenters. The number of hydrogen-bond acceptors (Lipinski definition) is 5. The van der Waals surface area contributed by atoms with Gasteiger partial charge in [0.15, 0.2) is 6.10 Å². The molecule has 0 aromatic heterocycles. The summed E-state index contributed by atoms with van der Waals surface area (Å²) >= 11 is 0. The average Bonchev–Trinajstić information content (AvgIpc) is 2.77. The molecule has 3 rings (SSSR count). The molecule has 0 aliphatic heterocycles. The van der Waals surface area contributed by atoms with Gasteiger partial charge in [0, 0.05) is 29.3 Å². The van der Waals surface area contributed by atoms with E-state index in [1.165, 1.54) is 36.4 Å². The number of Topliss-reactive ketones (excluding diaryl/α,β-unsaturated/α-hetero) is 1. The van der Waals surface area contributed by atoms with Crippen LogP contribution in [0.3, 0.4) is 0 Å². The van der Waals surface area contributed by atoms with Crippen molar-refractivity contribution in [2.45, 2.75) is 6.10 Å². The van der Waals surface area contributed by atoms with Crippen LogP contribution in [-0.2, 0) is 9.53 Å². The zero-order valence-corrected chi connectivity index (χ0v) is 15.3. The molecule has 0 heterocycles. The zero-order chi connectivity index (χ0) is 20.6. The van der Waals surface area contributed by atoms with Gasteiger partial charge in [-0.2, -0.15) is 0 Å². The van der Waals surface area contributed by atoms with E-state index >= 15 is 0 Å². The summed E-state index contributed by atoms with van der Waals surface area (Å²) in [5.41, 5.74) is 1.56. The van der Waals surface area contributed by atoms with Crippen LogP contribution >= 0.6 is 0 Å². The smallest absolute Gasteiger partial charge is 0.331 e. The second-order valence-electron chi connectivity index (χ2n) is 6.14. The molecule has 144 valence electrons. The van der Waals surface area contributed by atoms with E-state index in [4.69, 9.17) is 4.74 Å². The van der Waals surface area contributed by atoms with Gasteiger partial charge >= 0.3 is 5.97 Å². The molecule has 0 saturated carbocycles. The van der Waals surface area contributed by atoms with Crippen LogP contribution in [0.4, 0.5) is 5.69 Å². The minimum Gasteiger partial charge on any atom is -0.446 e. The number of benzene rings is 3. The van der Waals surface area contributed by atoms with Gasteiger partial charge in [0.1, 0.15) is 0 Å². The largest absolute Gasteiger partial charge is 0.446 e. The predicted octanol–water partition coefficient (Wildman–Crippen LogP) is 4.78. The fourth-order valence-corrected chi connectivity index (χ4v) is 2.68. The monoisotopic (exact) mass is 387 g/mol. The van der Waals surface area contributed by atoms with E-state index in [1.54, 1.807) is 54.6 Å². The predicted molar refractivity (Wildman–Crippen MR) is 108 cm³/mol. The summed E-state index contributed by atoms with van der Waals surface area (Å²) in [5, 5.41) is 10.7. The average molecular weight is 387 g/mol. The van der Waals surface area contributed by atoms with E-state index in [9.17, 15) is 19.7 Å². The Bertz CT molecular complexity index is 1030. The Morgan fingerprint density at radius 3 is 2.03 bits per heavy atom. The van der Waals surface area contributed by atoms with E-state index in [0.717, 1.165) is 0 Å². The molecule has 0 aliphatic rings. The van der Waals surface area contributed by atoms with E-state index in [1.807, 2.05) is 6.07 Å². The summed E-state index contributed by atoms with van der Waals surface area (Å²) in [7, 11) is 0. The second-order valence-corrected chi connectivity index (χ2v) is 6.14. The Hall–Kier alpha value is -4.06. The number of nitro benzene ring substituents is 1. The van der Waals surface area contributed by atoms with Gasteiger partial charge in [0.05, 0.1) is 4.92 Å². The van der Waals surface area contributed by atoms with Crippen LogP contribution in [0.5, 0.6) is 0 Å². The number of ether oxygens (including phenoxy) is 1. The van der Waals surface area contributed by atoms with Crippen LogP contribution in [0.15, 0.2) is 91.0 Å². The summed E-state index contributed by atoms with van der Waals surface area (Å²) in [5.74, 6) is -1.02. The number of rotatable bonds is 7. The summed E-state index contributed by atoms with van der Waals surface area (Å²) < 4.78 is 5.45. The second kappa shape index (κ2) is 9.23. The number of esters is 1. The first-order valence-electron chi connectivity index (χ1n) is 8.82. The number of non-ortho nitro benzene ring substituents is 1. The maximum Gasteiger partial charge on any atom is 0.331 e. The van der Waals surface area contributed by atoms with Gasteiger partial charge < -0.3 is 4.74 Å². The Labute approximate surface area is 167 Å². The molecule has 0 fully saturated rings. The van der Waals surface area contributed by atoms with Crippen molar-refractivity contribution in [1.82, 2.24) is 0 Å². The lowest BCUT2D eigenvalue weighted by Crippen LogP contribution is -2.19. The zero-order valence-electron chi connectivity index (χ0n) is 15.3. The molecule has 6 heteroatoms. The maximum absolute atomic E-state index is 12.9. The van der Waals surface area contributed by atoms with Gasteiger partial charge in [-0.3, -0.25) is 14.9 Å². The van der Waals surface area contributed by atoms with Gasteiger partial charge in [-0.05, 0) is 23.8 Å². The van der Waals surface area contributed by atoms with E-state index in [-0.39, 0.29) is 11.5 Å². The maximum atomic E-state index is 12.9. The fraction of sp³-hybridized carbons (Fsp3) is 0.0435. The van der Waals surface area contributed by atoms with Crippen LogP contribution in [0, 0.1) is 10.1 Å². The highest BCUT2D eigenvalue weighted by atomic mass is 16.6. The van der Waals surface area contributed by atoms with Gasteiger partial charge in [-0.15, -0.1) is 0 Å². The minimum absolute atomic E-state index is 0.0395. The van der Waals surface area contributed by atoms with Crippen LogP contribution in [-0.4, -0.2) is 16.7 Å². The Morgan fingerprint density at radius 2 is 1.45 bits per heavy atom. The molecule has 0 N–H and O–H groups in total. The number of carbonyl (C=O) groups is 2. The van der Waals surface area contributed by atoms with Crippen LogP contribution < -0.4 is 0 Å². The molecule has 6 nitrogen and oxygen atoms in total. The molecule has 0 aliphatic carbocycles. The van der Waals surface area contributed by atoms with Gasteiger partial charge in [0.2, 0.25) is 5.78 Å². The Kier molecular flexibility index (Phi) is 6.27. The molecular formula is C23H17NO5. The minimum atomic E-state index is -1.08. The van der Waals surface area contributed by atoms with E-state index < -0.39 is 17.0 Å². The highest BCUT2D eigenvalue weighted by Gasteiger charge is 2.25. The van der Waals surface area contributed by atoms with E-state index in [2.05, 4.69) is 0 Å². The molecule has 1 atom stereocenters. The first kappa shape index (κ1) is 19.7. The quantitative estimate of drug-likeness (QED) is 0.191. The molecule has 3 aromatic rings. The van der Waals surface area contributed by atoms with Crippen LogP contribution in [0.2, 0.25) is 0 Å². The van der Waals surface area contributed by atoms with Crippen molar-refractivity contribution in [3.8, 4) is 0 Å². The third-order valence-corrected chi connectivity index (χ3v) is 4.15. The van der Waals surface area contributed by atoms with Crippen molar-refractivity contribution in [3.05, 3.63) is 118 Å². The molecule has 0 bridgehead atoms. The van der Waals surface area contributed by atoms with Gasteiger partial charge in [-0.25, -0.2) is 4.79 Å². The standard InChI is InChI=1S/C23H17NO5/c25-21(16-13-17-11-14-20(15-12-17)24(27)28)29-23(19-9-5-2-6-10-19)22(26)18-7-3-1-4-8-18/h1-16,23H/b16-13+/t23-/m0/s1. The number of hydrogen-bond donors (Lipinski definition) is 0. The Balaban J connectivity index is 1.77. The van der Waals surface area contributed by atoms with Crippen molar-refractivity contribution in [2.24, 2.45) is 0 Å². The number of carbonyl (C=O) groups excluding carboxylic acids is 2. The highest BCUT2D eigenvalue weighted by molar-refractivity contribution is 6.01. The molecule has 3 aromatic carbocycles. The van der Waals surface area contributed by atoms with Crippen molar-refractivity contribution in [3.63, 3.8) is 0 Å². The Morgan fingerprint density at radius 1 is 0.862 bits per heavy atom. The topological polar surface area (TPSA) is 86.5 Å². The fourth-order valence-electron chi connectivity index (χ4n) is 2.68. The number of nitro groups is 1. The lowest BCUT2D eigenvalue weighted by molar-refractivity contribution is -0.384. The first-order valence-corrected chi connectivity index (χ1v) is 8.82. The third kappa shape index (κ3) is 5.23. The van der Waals surface area contributed by atoms with Crippen LogP contribution in [0.1, 0.15) is 27.6 Å². The molecule has 0 spiro atoms. The summed E-state index contributed by atoms with van der Waals surface area (Å²) in [6.07, 6.45) is 1.59. The third-order valence-electron chi connectivity index (χ3n) is 4.15. The summed E-state index contributed by atoms with van der Waals surface area (Å²) in [6, 6.07) is 23.1. The number of nitrogens with zero attached hydrogens (tertiary/aromatic N) is 1. The molecule has 0 radical (unpaired) electrons. The summed E-state index contributed by atoms with van der Waals surface area (Å²) in [6.45, 7) is 0.